The van der Waals surface area contributed by atoms with Crippen molar-refractivity contribution in [1.29, 1.82) is 0 Å². The molecule has 1 aliphatic carbocycles. The maximum atomic E-state index is 14.4. The number of hydrogen-bond donors (Lipinski definition) is 0. The van der Waals surface area contributed by atoms with Gasteiger partial charge in [-0.3, -0.25) is 4.90 Å². The minimum Gasteiger partial charge on any atom is -0.353 e. The predicted molar refractivity (Wildman–Crippen MR) is 116 cm³/mol. The van der Waals surface area contributed by atoms with Crippen molar-refractivity contribution in [3.8, 4) is 11.4 Å². The summed E-state index contributed by atoms with van der Waals surface area (Å²) in [5, 5.41) is 1.04. The van der Waals surface area contributed by atoms with Gasteiger partial charge in [0.25, 0.3) is 0 Å². The Kier molecular flexibility index (Phi) is 5.15. The number of para-hydroxylation sites is 1. The fraction of sp³-hybridized carbons (Fsp3) is 0.417. The molecular weight excluding hydrogens is 363 g/mol. The van der Waals surface area contributed by atoms with Gasteiger partial charge in [0.15, 0.2) is 5.82 Å². The standard InChI is InChI=1S/C24H27FN4/c25-21-12-6-4-10-19(21)23-26-22-13-7-5-11-20(22)24(27-23)29-16-14-28(15-17-29)18-8-2-1-3-9-18/h4-7,10-13,18H,1-3,8-9,14-17H2. The lowest BCUT2D eigenvalue weighted by molar-refractivity contribution is 0.148. The molecule has 0 radical (unpaired) electrons. The highest BCUT2D eigenvalue weighted by atomic mass is 19.1. The van der Waals surface area contributed by atoms with Gasteiger partial charge in [0.2, 0.25) is 0 Å². The molecule has 1 aliphatic heterocycles. The molecule has 4 nitrogen and oxygen atoms in total. The van der Waals surface area contributed by atoms with E-state index in [1.54, 1.807) is 12.1 Å². The van der Waals surface area contributed by atoms with E-state index >= 15 is 0 Å². The van der Waals surface area contributed by atoms with Crippen LogP contribution in [0.1, 0.15) is 32.1 Å². The molecule has 3 aromatic rings. The van der Waals surface area contributed by atoms with E-state index in [1.165, 1.54) is 38.2 Å². The van der Waals surface area contributed by atoms with Crippen molar-refractivity contribution in [1.82, 2.24) is 14.9 Å². The first kappa shape index (κ1) is 18.5. The molecule has 0 atom stereocenters. The molecule has 5 heteroatoms. The third kappa shape index (κ3) is 3.71. The molecule has 29 heavy (non-hydrogen) atoms. The third-order valence-electron chi connectivity index (χ3n) is 6.40. The van der Waals surface area contributed by atoms with Crippen molar-refractivity contribution in [2.45, 2.75) is 38.1 Å². The fourth-order valence-corrected chi connectivity index (χ4v) is 4.81. The van der Waals surface area contributed by atoms with Gasteiger partial charge in [-0.15, -0.1) is 0 Å². The van der Waals surface area contributed by atoms with Gasteiger partial charge in [-0.25, -0.2) is 14.4 Å². The maximum Gasteiger partial charge on any atom is 0.165 e. The summed E-state index contributed by atoms with van der Waals surface area (Å²) in [5.74, 6) is 1.11. The molecule has 2 fully saturated rings. The summed E-state index contributed by atoms with van der Waals surface area (Å²) < 4.78 is 14.4. The predicted octanol–water partition coefficient (Wildman–Crippen LogP) is 4.89. The topological polar surface area (TPSA) is 32.3 Å². The highest BCUT2D eigenvalue weighted by Crippen LogP contribution is 2.30. The van der Waals surface area contributed by atoms with Crippen LogP contribution in [0.25, 0.3) is 22.3 Å². The van der Waals surface area contributed by atoms with Crippen molar-refractivity contribution in [3.05, 3.63) is 54.3 Å². The minimum atomic E-state index is -0.282. The van der Waals surface area contributed by atoms with Crippen LogP contribution in [0.15, 0.2) is 48.5 Å². The zero-order chi connectivity index (χ0) is 19.6. The Morgan fingerprint density at radius 3 is 2.31 bits per heavy atom. The van der Waals surface area contributed by atoms with Crippen molar-refractivity contribution in [3.63, 3.8) is 0 Å². The molecule has 0 amide bonds. The fourth-order valence-electron chi connectivity index (χ4n) is 4.81. The van der Waals surface area contributed by atoms with E-state index in [9.17, 15) is 4.39 Å². The average Bonchev–Trinajstić information content (AvgIpc) is 2.79. The number of benzene rings is 2. The number of rotatable bonds is 3. The number of piperazine rings is 1. The van der Waals surface area contributed by atoms with Crippen molar-refractivity contribution in [2.24, 2.45) is 0 Å². The van der Waals surface area contributed by atoms with E-state index in [-0.39, 0.29) is 5.82 Å². The van der Waals surface area contributed by atoms with Gasteiger partial charge >= 0.3 is 0 Å². The first-order chi connectivity index (χ1) is 14.3. The van der Waals surface area contributed by atoms with Crippen LogP contribution in [0.3, 0.4) is 0 Å². The number of hydrogen-bond acceptors (Lipinski definition) is 4. The second-order valence-corrected chi connectivity index (χ2v) is 8.18. The van der Waals surface area contributed by atoms with E-state index < -0.39 is 0 Å². The summed E-state index contributed by atoms with van der Waals surface area (Å²) in [7, 11) is 0. The monoisotopic (exact) mass is 390 g/mol. The van der Waals surface area contributed by atoms with Crippen molar-refractivity contribution >= 4 is 16.7 Å². The molecule has 1 saturated carbocycles. The van der Waals surface area contributed by atoms with E-state index in [1.807, 2.05) is 24.3 Å². The molecule has 0 spiro atoms. The number of aromatic nitrogens is 2. The third-order valence-corrected chi connectivity index (χ3v) is 6.40. The lowest BCUT2D eigenvalue weighted by Crippen LogP contribution is -2.51. The van der Waals surface area contributed by atoms with Gasteiger partial charge in [0, 0.05) is 37.6 Å². The number of anilines is 1. The minimum absolute atomic E-state index is 0.282. The lowest BCUT2D eigenvalue weighted by atomic mass is 9.94. The zero-order valence-corrected chi connectivity index (χ0v) is 16.7. The van der Waals surface area contributed by atoms with Crippen LogP contribution in [-0.2, 0) is 0 Å². The summed E-state index contributed by atoms with van der Waals surface area (Å²) in [4.78, 5) is 14.5. The van der Waals surface area contributed by atoms with E-state index in [2.05, 4.69) is 20.9 Å². The van der Waals surface area contributed by atoms with Crippen LogP contribution in [0.5, 0.6) is 0 Å². The molecule has 0 unspecified atom stereocenters. The van der Waals surface area contributed by atoms with Gasteiger partial charge in [-0.05, 0) is 37.1 Å². The first-order valence-corrected chi connectivity index (χ1v) is 10.8. The highest BCUT2D eigenvalue weighted by Gasteiger charge is 2.26. The Morgan fingerprint density at radius 1 is 0.793 bits per heavy atom. The van der Waals surface area contributed by atoms with E-state index in [4.69, 9.17) is 4.98 Å². The van der Waals surface area contributed by atoms with Crippen LogP contribution < -0.4 is 4.90 Å². The van der Waals surface area contributed by atoms with E-state index in [0.717, 1.165) is 48.9 Å². The highest BCUT2D eigenvalue weighted by molar-refractivity contribution is 5.91. The summed E-state index contributed by atoms with van der Waals surface area (Å²) >= 11 is 0. The Labute approximate surface area is 171 Å². The van der Waals surface area contributed by atoms with Gasteiger partial charge in [0.05, 0.1) is 11.1 Å². The summed E-state index contributed by atoms with van der Waals surface area (Å²) in [5.41, 5.74) is 1.32. The summed E-state index contributed by atoms with van der Waals surface area (Å²) in [6, 6.07) is 15.6. The lowest BCUT2D eigenvalue weighted by Gasteiger charge is -2.41. The van der Waals surface area contributed by atoms with Crippen LogP contribution in [0, 0.1) is 5.82 Å². The number of nitrogens with zero attached hydrogens (tertiary/aromatic N) is 4. The molecule has 0 bridgehead atoms. The Morgan fingerprint density at radius 2 is 1.52 bits per heavy atom. The first-order valence-electron chi connectivity index (χ1n) is 10.8. The van der Waals surface area contributed by atoms with Gasteiger partial charge in [0.1, 0.15) is 11.6 Å². The largest absolute Gasteiger partial charge is 0.353 e. The smallest absolute Gasteiger partial charge is 0.165 e. The Bertz CT molecular complexity index is 991. The van der Waals surface area contributed by atoms with Gasteiger partial charge < -0.3 is 4.90 Å². The number of halogens is 1. The van der Waals surface area contributed by atoms with Crippen LogP contribution >= 0.6 is 0 Å². The second kappa shape index (κ2) is 8.07. The molecule has 2 aliphatic rings. The van der Waals surface area contributed by atoms with Crippen molar-refractivity contribution < 1.29 is 4.39 Å². The SMILES string of the molecule is Fc1ccccc1-c1nc(N2CCN(C3CCCCC3)CC2)c2ccccc2n1. The average molecular weight is 391 g/mol. The molecular formula is C24H27FN4. The van der Waals surface area contributed by atoms with Crippen molar-refractivity contribution in [2.75, 3.05) is 31.1 Å². The molecule has 5 rings (SSSR count). The van der Waals surface area contributed by atoms with Gasteiger partial charge in [-0.2, -0.15) is 0 Å². The molecule has 150 valence electrons. The summed E-state index contributed by atoms with van der Waals surface area (Å²) in [6.45, 7) is 4.04. The zero-order valence-electron chi connectivity index (χ0n) is 16.7. The quantitative estimate of drug-likeness (QED) is 0.637. The normalized spacial score (nSPS) is 19.0. The van der Waals surface area contributed by atoms with Crippen LogP contribution in [0.4, 0.5) is 10.2 Å². The Balaban J connectivity index is 1.46. The Hall–Kier alpha value is -2.53. The molecule has 2 heterocycles. The second-order valence-electron chi connectivity index (χ2n) is 8.18. The molecule has 1 aromatic heterocycles. The van der Waals surface area contributed by atoms with Gasteiger partial charge in [-0.1, -0.05) is 43.5 Å². The van der Waals surface area contributed by atoms with E-state index in [0.29, 0.717) is 11.4 Å². The molecule has 0 N–H and O–H groups in total. The maximum absolute atomic E-state index is 14.4. The van der Waals surface area contributed by atoms with Crippen LogP contribution in [0.2, 0.25) is 0 Å². The van der Waals surface area contributed by atoms with Crippen LogP contribution in [-0.4, -0.2) is 47.1 Å². The number of fused-ring (bicyclic) bond motifs is 1. The summed E-state index contributed by atoms with van der Waals surface area (Å²) in [6.07, 6.45) is 6.81. The molecule has 2 aromatic carbocycles. The molecule has 1 saturated heterocycles.